The molecule has 4 nitrogen and oxygen atoms in total. The highest BCUT2D eigenvalue weighted by Gasteiger charge is 2.39. The van der Waals surface area contributed by atoms with Crippen LogP contribution in [0.4, 0.5) is 18.9 Å². The van der Waals surface area contributed by atoms with Crippen LogP contribution in [0, 0.1) is 0 Å². The molecule has 0 unspecified atom stereocenters. The summed E-state index contributed by atoms with van der Waals surface area (Å²) in [6, 6.07) is 9.13. The molecule has 3 rings (SSSR count). The number of rotatable bonds is 3. The van der Waals surface area contributed by atoms with Crippen LogP contribution in [0.5, 0.6) is 5.75 Å². The SMILES string of the molecule is COc1ccc2c(c1)CCCN2S(=O)(=O)c1ccccc1C(F)(F)F. The number of alkyl halides is 3. The lowest BCUT2D eigenvalue weighted by molar-refractivity contribution is -0.139. The fourth-order valence-electron chi connectivity index (χ4n) is 2.96. The number of hydrogen-bond donors (Lipinski definition) is 0. The topological polar surface area (TPSA) is 46.6 Å². The smallest absolute Gasteiger partial charge is 0.417 e. The van der Waals surface area contributed by atoms with E-state index in [0.717, 1.165) is 22.0 Å². The van der Waals surface area contributed by atoms with Gasteiger partial charge in [0.1, 0.15) is 5.75 Å². The maximum absolute atomic E-state index is 13.2. The van der Waals surface area contributed by atoms with Gasteiger partial charge < -0.3 is 4.74 Å². The third kappa shape index (κ3) is 3.18. The summed E-state index contributed by atoms with van der Waals surface area (Å²) in [4.78, 5) is -0.730. The van der Waals surface area contributed by atoms with Gasteiger partial charge in [-0.1, -0.05) is 12.1 Å². The van der Waals surface area contributed by atoms with Gasteiger partial charge in [-0.15, -0.1) is 0 Å². The van der Waals surface area contributed by atoms with Crippen molar-refractivity contribution in [3.63, 3.8) is 0 Å². The third-order valence-electron chi connectivity index (χ3n) is 4.12. The highest BCUT2D eigenvalue weighted by molar-refractivity contribution is 7.92. The molecule has 8 heteroatoms. The van der Waals surface area contributed by atoms with Crippen LogP contribution >= 0.6 is 0 Å². The molecule has 2 aromatic carbocycles. The van der Waals surface area contributed by atoms with Crippen molar-refractivity contribution in [3.05, 3.63) is 53.6 Å². The zero-order valence-corrected chi connectivity index (χ0v) is 14.2. The Morgan fingerprint density at radius 1 is 1.12 bits per heavy atom. The molecule has 0 aromatic heterocycles. The summed E-state index contributed by atoms with van der Waals surface area (Å²) >= 11 is 0. The Hall–Kier alpha value is -2.22. The third-order valence-corrected chi connectivity index (χ3v) is 5.99. The number of fused-ring (bicyclic) bond motifs is 1. The van der Waals surface area contributed by atoms with Gasteiger partial charge in [0, 0.05) is 6.54 Å². The predicted molar refractivity (Wildman–Crippen MR) is 87.3 cm³/mol. The zero-order chi connectivity index (χ0) is 18.2. The van der Waals surface area contributed by atoms with Crippen LogP contribution in [-0.2, 0) is 22.6 Å². The number of anilines is 1. The van der Waals surface area contributed by atoms with Gasteiger partial charge >= 0.3 is 6.18 Å². The summed E-state index contributed by atoms with van der Waals surface area (Å²) < 4.78 is 71.8. The molecule has 0 saturated carbocycles. The van der Waals surface area contributed by atoms with Crippen LogP contribution in [0.2, 0.25) is 0 Å². The first kappa shape index (κ1) is 17.6. The quantitative estimate of drug-likeness (QED) is 0.823. The van der Waals surface area contributed by atoms with Gasteiger partial charge in [0.15, 0.2) is 0 Å². The maximum atomic E-state index is 13.2. The average Bonchev–Trinajstić information content (AvgIpc) is 2.60. The number of methoxy groups -OCH3 is 1. The summed E-state index contributed by atoms with van der Waals surface area (Å²) in [7, 11) is -2.84. The molecule has 25 heavy (non-hydrogen) atoms. The van der Waals surface area contributed by atoms with Crippen LogP contribution in [-0.4, -0.2) is 22.1 Å². The summed E-state index contributed by atoms with van der Waals surface area (Å²) in [6.07, 6.45) is -3.59. The van der Waals surface area contributed by atoms with Crippen molar-refractivity contribution in [2.45, 2.75) is 23.9 Å². The number of sulfonamides is 1. The van der Waals surface area contributed by atoms with Crippen molar-refractivity contribution in [2.75, 3.05) is 18.0 Å². The lowest BCUT2D eigenvalue weighted by atomic mass is 10.0. The average molecular weight is 371 g/mol. The molecular formula is C17H16F3NO3S. The maximum Gasteiger partial charge on any atom is 0.417 e. The van der Waals surface area contributed by atoms with Gasteiger partial charge in [-0.05, 0) is 48.7 Å². The Kier molecular flexibility index (Phi) is 4.40. The second-order valence-corrected chi connectivity index (χ2v) is 7.50. The van der Waals surface area contributed by atoms with E-state index in [1.807, 2.05) is 0 Å². The molecule has 0 bridgehead atoms. The molecule has 2 aromatic rings. The first-order valence-electron chi connectivity index (χ1n) is 7.61. The normalized spacial score (nSPS) is 15.0. The minimum absolute atomic E-state index is 0.133. The first-order chi connectivity index (χ1) is 11.7. The Morgan fingerprint density at radius 3 is 2.52 bits per heavy atom. The molecular weight excluding hydrogens is 355 g/mol. The van der Waals surface area contributed by atoms with Crippen molar-refractivity contribution < 1.29 is 26.3 Å². The van der Waals surface area contributed by atoms with E-state index in [1.54, 1.807) is 18.2 Å². The van der Waals surface area contributed by atoms with E-state index in [9.17, 15) is 21.6 Å². The molecule has 0 radical (unpaired) electrons. The summed E-state index contributed by atoms with van der Waals surface area (Å²) in [5, 5.41) is 0. The molecule has 0 saturated heterocycles. The summed E-state index contributed by atoms with van der Waals surface area (Å²) in [5.41, 5.74) is -0.0293. The van der Waals surface area contributed by atoms with Gasteiger partial charge in [0.25, 0.3) is 10.0 Å². The van der Waals surface area contributed by atoms with Gasteiger partial charge in [0.2, 0.25) is 0 Å². The second-order valence-electron chi connectivity index (χ2n) is 5.67. The van der Waals surface area contributed by atoms with Crippen LogP contribution in [0.25, 0.3) is 0 Å². The van der Waals surface area contributed by atoms with Crippen molar-refractivity contribution in [1.29, 1.82) is 0 Å². The van der Waals surface area contributed by atoms with Gasteiger partial charge in [0.05, 0.1) is 23.3 Å². The molecule has 1 aliphatic rings. The molecule has 0 aliphatic carbocycles. The fraction of sp³-hybridized carbons (Fsp3) is 0.294. The molecule has 1 heterocycles. The van der Waals surface area contributed by atoms with Crippen molar-refractivity contribution in [1.82, 2.24) is 0 Å². The van der Waals surface area contributed by atoms with Gasteiger partial charge in [-0.2, -0.15) is 13.2 Å². The highest BCUT2D eigenvalue weighted by atomic mass is 32.2. The number of ether oxygens (including phenoxy) is 1. The van der Waals surface area contributed by atoms with Crippen molar-refractivity contribution in [2.24, 2.45) is 0 Å². The lowest BCUT2D eigenvalue weighted by Crippen LogP contribution is -2.36. The monoisotopic (exact) mass is 371 g/mol. The summed E-state index contributed by atoms with van der Waals surface area (Å²) in [6.45, 7) is 0.133. The lowest BCUT2D eigenvalue weighted by Gasteiger charge is -2.31. The largest absolute Gasteiger partial charge is 0.497 e. The number of nitrogens with zero attached hydrogens (tertiary/aromatic N) is 1. The van der Waals surface area contributed by atoms with E-state index < -0.39 is 26.7 Å². The Labute approximate surface area is 143 Å². The molecule has 0 fully saturated rings. The molecule has 0 N–H and O–H groups in total. The predicted octanol–water partition coefficient (Wildman–Crippen LogP) is 3.86. The van der Waals surface area contributed by atoms with Crippen LogP contribution in [0.3, 0.4) is 0 Å². The van der Waals surface area contributed by atoms with Gasteiger partial charge in [-0.3, -0.25) is 4.31 Å². The molecule has 134 valence electrons. The Morgan fingerprint density at radius 2 is 1.84 bits per heavy atom. The highest BCUT2D eigenvalue weighted by Crippen LogP contribution is 2.39. The minimum atomic E-state index is -4.75. The molecule has 0 atom stereocenters. The van der Waals surface area contributed by atoms with E-state index in [4.69, 9.17) is 4.74 Å². The standard InChI is InChI=1S/C17H16F3NO3S/c1-24-13-8-9-15-12(11-13)5-4-10-21(15)25(22,23)16-7-3-2-6-14(16)17(18,19)20/h2-3,6-9,11H,4-5,10H2,1H3. The number of halogens is 3. The molecule has 0 amide bonds. The van der Waals surface area contributed by atoms with Crippen molar-refractivity contribution in [3.8, 4) is 5.75 Å². The van der Waals surface area contributed by atoms with E-state index in [1.165, 1.54) is 19.2 Å². The fourth-order valence-corrected chi connectivity index (χ4v) is 4.72. The van der Waals surface area contributed by atoms with Crippen LogP contribution in [0.15, 0.2) is 47.4 Å². The molecule has 0 spiro atoms. The van der Waals surface area contributed by atoms with Crippen LogP contribution in [0.1, 0.15) is 17.5 Å². The number of hydrogen-bond acceptors (Lipinski definition) is 3. The summed E-state index contributed by atoms with van der Waals surface area (Å²) in [5.74, 6) is 0.577. The Bertz CT molecular complexity index is 894. The van der Waals surface area contributed by atoms with Crippen LogP contribution < -0.4 is 9.04 Å². The van der Waals surface area contributed by atoms with E-state index in [-0.39, 0.29) is 6.54 Å². The number of aryl methyl sites for hydroxylation is 1. The van der Waals surface area contributed by atoms with E-state index in [2.05, 4.69) is 0 Å². The van der Waals surface area contributed by atoms with Gasteiger partial charge in [-0.25, -0.2) is 8.42 Å². The number of benzene rings is 2. The minimum Gasteiger partial charge on any atom is -0.497 e. The zero-order valence-electron chi connectivity index (χ0n) is 13.4. The van der Waals surface area contributed by atoms with E-state index >= 15 is 0 Å². The van der Waals surface area contributed by atoms with E-state index in [0.29, 0.717) is 24.3 Å². The second kappa shape index (κ2) is 6.25. The first-order valence-corrected chi connectivity index (χ1v) is 9.05. The van der Waals surface area contributed by atoms with Crippen molar-refractivity contribution >= 4 is 15.7 Å². The molecule has 1 aliphatic heterocycles. The Balaban J connectivity index is 2.13.